The van der Waals surface area contributed by atoms with Crippen molar-refractivity contribution in [2.45, 2.75) is 18.4 Å². The van der Waals surface area contributed by atoms with E-state index in [1.54, 1.807) is 37.3 Å². The van der Waals surface area contributed by atoms with Crippen molar-refractivity contribution in [3.63, 3.8) is 0 Å². The summed E-state index contributed by atoms with van der Waals surface area (Å²) in [4.78, 5) is 0.206. The Kier molecular flexibility index (Phi) is 4.81. The molecule has 2 aromatic rings. The standard InChI is InChI=1S/C15H16N2O3S/c1-12-6-7-13(4-2-8-16)10-15(12)21(18,19)17-11-14-5-3-9-20-14/h3,5-7,9-10,17H,8,11,16H2,1H3. The summed E-state index contributed by atoms with van der Waals surface area (Å²) in [5, 5.41) is 0. The Labute approximate surface area is 124 Å². The number of nitrogens with two attached hydrogens (primary N) is 1. The fourth-order valence-corrected chi connectivity index (χ4v) is 3.04. The topological polar surface area (TPSA) is 85.3 Å². The molecule has 1 heterocycles. The number of benzene rings is 1. The van der Waals surface area contributed by atoms with Gasteiger partial charge in [-0.25, -0.2) is 13.1 Å². The lowest BCUT2D eigenvalue weighted by Gasteiger charge is -2.09. The maximum absolute atomic E-state index is 12.3. The third-order valence-corrected chi connectivity index (χ3v) is 4.37. The molecule has 0 atom stereocenters. The Balaban J connectivity index is 2.26. The molecule has 0 unspecified atom stereocenters. The van der Waals surface area contributed by atoms with E-state index in [0.29, 0.717) is 16.9 Å². The fourth-order valence-electron chi connectivity index (χ4n) is 1.78. The Hall–Kier alpha value is -2.07. The number of rotatable bonds is 4. The Morgan fingerprint density at radius 2 is 2.14 bits per heavy atom. The molecule has 0 aliphatic heterocycles. The monoisotopic (exact) mass is 304 g/mol. The van der Waals surface area contributed by atoms with Gasteiger partial charge in [0, 0.05) is 5.56 Å². The van der Waals surface area contributed by atoms with E-state index in [4.69, 9.17) is 10.2 Å². The van der Waals surface area contributed by atoms with Crippen molar-refractivity contribution in [2.75, 3.05) is 6.54 Å². The molecule has 0 saturated carbocycles. The van der Waals surface area contributed by atoms with Crippen molar-refractivity contribution in [1.29, 1.82) is 0 Å². The lowest BCUT2D eigenvalue weighted by molar-refractivity contribution is 0.498. The van der Waals surface area contributed by atoms with Gasteiger partial charge >= 0.3 is 0 Å². The van der Waals surface area contributed by atoms with Gasteiger partial charge in [-0.15, -0.1) is 0 Å². The minimum atomic E-state index is -3.62. The highest BCUT2D eigenvalue weighted by atomic mass is 32.2. The van der Waals surface area contributed by atoms with E-state index >= 15 is 0 Å². The van der Waals surface area contributed by atoms with Crippen LogP contribution in [0.15, 0.2) is 45.9 Å². The van der Waals surface area contributed by atoms with Crippen LogP contribution in [0.4, 0.5) is 0 Å². The predicted octanol–water partition coefficient (Wildman–Crippen LogP) is 1.38. The van der Waals surface area contributed by atoms with Crippen LogP contribution in [0.1, 0.15) is 16.9 Å². The zero-order valence-corrected chi connectivity index (χ0v) is 12.4. The summed E-state index contributed by atoms with van der Waals surface area (Å²) in [7, 11) is -3.62. The molecule has 0 radical (unpaired) electrons. The summed E-state index contributed by atoms with van der Waals surface area (Å²) in [6.45, 7) is 2.07. The summed E-state index contributed by atoms with van der Waals surface area (Å²) in [6, 6.07) is 8.45. The molecule has 6 heteroatoms. The van der Waals surface area contributed by atoms with Crippen molar-refractivity contribution >= 4 is 10.0 Å². The Bertz CT molecular complexity index is 769. The van der Waals surface area contributed by atoms with Crippen molar-refractivity contribution in [3.8, 4) is 11.8 Å². The molecule has 110 valence electrons. The Morgan fingerprint density at radius 3 is 2.81 bits per heavy atom. The van der Waals surface area contributed by atoms with Crippen molar-refractivity contribution in [1.82, 2.24) is 4.72 Å². The molecule has 0 aliphatic rings. The molecule has 0 bridgehead atoms. The van der Waals surface area contributed by atoms with E-state index in [1.807, 2.05) is 0 Å². The lowest BCUT2D eigenvalue weighted by atomic mass is 10.1. The average molecular weight is 304 g/mol. The quantitative estimate of drug-likeness (QED) is 0.836. The first-order valence-corrected chi connectivity index (χ1v) is 7.83. The second-order valence-corrected chi connectivity index (χ2v) is 6.13. The highest BCUT2D eigenvalue weighted by molar-refractivity contribution is 7.89. The van der Waals surface area contributed by atoms with Gasteiger partial charge in [0.1, 0.15) is 5.76 Å². The average Bonchev–Trinajstić information content (AvgIpc) is 2.97. The number of hydrogen-bond donors (Lipinski definition) is 2. The molecule has 2 rings (SSSR count). The fraction of sp³-hybridized carbons (Fsp3) is 0.200. The van der Waals surface area contributed by atoms with Gasteiger partial charge in [0.2, 0.25) is 10.0 Å². The molecular formula is C15H16N2O3S. The van der Waals surface area contributed by atoms with Crippen LogP contribution in [0, 0.1) is 18.8 Å². The number of nitrogens with one attached hydrogen (secondary N) is 1. The van der Waals surface area contributed by atoms with Gasteiger partial charge in [0.05, 0.1) is 24.2 Å². The summed E-state index contributed by atoms with van der Waals surface area (Å²) in [5.74, 6) is 6.08. The molecule has 0 spiro atoms. The minimum Gasteiger partial charge on any atom is -0.468 e. The van der Waals surface area contributed by atoms with Gasteiger partial charge in [0.25, 0.3) is 0 Å². The summed E-state index contributed by atoms with van der Waals surface area (Å²) >= 11 is 0. The first kappa shape index (κ1) is 15.3. The third kappa shape index (κ3) is 3.95. The first-order valence-electron chi connectivity index (χ1n) is 6.34. The largest absolute Gasteiger partial charge is 0.468 e. The zero-order chi connectivity index (χ0) is 15.3. The number of hydrogen-bond acceptors (Lipinski definition) is 4. The molecule has 0 amide bonds. The van der Waals surface area contributed by atoms with Crippen molar-refractivity contribution in [2.24, 2.45) is 5.73 Å². The second-order valence-electron chi connectivity index (χ2n) is 4.39. The minimum absolute atomic E-state index is 0.105. The maximum Gasteiger partial charge on any atom is 0.241 e. The molecule has 1 aromatic carbocycles. The molecule has 3 N–H and O–H groups in total. The van der Waals surface area contributed by atoms with Gasteiger partial charge < -0.3 is 10.2 Å². The van der Waals surface area contributed by atoms with Gasteiger partial charge in [-0.05, 0) is 36.8 Å². The van der Waals surface area contributed by atoms with Crippen LogP contribution in [0.2, 0.25) is 0 Å². The summed E-state index contributed by atoms with van der Waals surface area (Å²) in [6.07, 6.45) is 1.50. The van der Waals surface area contributed by atoms with E-state index < -0.39 is 10.0 Å². The van der Waals surface area contributed by atoms with Crippen LogP contribution in [-0.4, -0.2) is 15.0 Å². The SMILES string of the molecule is Cc1ccc(C#CCN)cc1S(=O)(=O)NCc1ccco1. The van der Waals surface area contributed by atoms with Crippen molar-refractivity contribution in [3.05, 3.63) is 53.5 Å². The summed E-state index contributed by atoms with van der Waals surface area (Å²) in [5.41, 5.74) is 6.59. The maximum atomic E-state index is 12.3. The Morgan fingerprint density at radius 1 is 1.33 bits per heavy atom. The molecular weight excluding hydrogens is 288 g/mol. The molecule has 1 aromatic heterocycles. The van der Waals surface area contributed by atoms with Crippen LogP contribution in [-0.2, 0) is 16.6 Å². The predicted molar refractivity (Wildman–Crippen MR) is 79.8 cm³/mol. The van der Waals surface area contributed by atoms with Crippen LogP contribution >= 0.6 is 0 Å². The van der Waals surface area contributed by atoms with Gasteiger partial charge in [-0.2, -0.15) is 0 Å². The van der Waals surface area contributed by atoms with E-state index in [2.05, 4.69) is 16.6 Å². The van der Waals surface area contributed by atoms with Crippen LogP contribution < -0.4 is 10.5 Å². The normalized spacial score (nSPS) is 11.0. The van der Waals surface area contributed by atoms with E-state index in [1.165, 1.54) is 6.26 Å². The first-order chi connectivity index (χ1) is 10.0. The molecule has 21 heavy (non-hydrogen) atoms. The van der Waals surface area contributed by atoms with E-state index in [0.717, 1.165) is 0 Å². The number of aryl methyl sites for hydroxylation is 1. The second kappa shape index (κ2) is 6.59. The molecule has 0 saturated heterocycles. The molecule has 0 fully saturated rings. The third-order valence-electron chi connectivity index (χ3n) is 2.83. The molecule has 5 nitrogen and oxygen atoms in total. The van der Waals surface area contributed by atoms with Crippen LogP contribution in [0.5, 0.6) is 0 Å². The highest BCUT2D eigenvalue weighted by Crippen LogP contribution is 2.17. The number of sulfonamides is 1. The van der Waals surface area contributed by atoms with Crippen LogP contribution in [0.3, 0.4) is 0 Å². The van der Waals surface area contributed by atoms with Gasteiger partial charge in [-0.3, -0.25) is 0 Å². The summed E-state index contributed by atoms with van der Waals surface area (Å²) < 4.78 is 32.3. The molecule has 0 aliphatic carbocycles. The van der Waals surface area contributed by atoms with E-state index in [-0.39, 0.29) is 18.0 Å². The smallest absolute Gasteiger partial charge is 0.241 e. The van der Waals surface area contributed by atoms with E-state index in [9.17, 15) is 8.42 Å². The van der Waals surface area contributed by atoms with Crippen LogP contribution in [0.25, 0.3) is 0 Å². The highest BCUT2D eigenvalue weighted by Gasteiger charge is 2.17. The number of furan rings is 1. The van der Waals surface area contributed by atoms with Gasteiger partial charge in [0.15, 0.2) is 0 Å². The zero-order valence-electron chi connectivity index (χ0n) is 11.6. The van der Waals surface area contributed by atoms with Crippen molar-refractivity contribution < 1.29 is 12.8 Å². The van der Waals surface area contributed by atoms with Gasteiger partial charge in [-0.1, -0.05) is 17.9 Å². The lowest BCUT2D eigenvalue weighted by Crippen LogP contribution is -2.23.